The number of alkyl halides is 4. The molecule has 3 N–H and O–H groups in total. The van der Waals surface area contributed by atoms with Crippen molar-refractivity contribution in [2.45, 2.75) is 49.7 Å². The van der Waals surface area contributed by atoms with Gasteiger partial charge in [0, 0.05) is 37.9 Å². The molecule has 3 rings (SSSR count). The summed E-state index contributed by atoms with van der Waals surface area (Å²) in [5, 5.41) is 25.4. The van der Waals surface area contributed by atoms with Crippen molar-refractivity contribution < 1.29 is 27.5 Å². The Morgan fingerprint density at radius 1 is 1.22 bits per heavy atom. The lowest BCUT2D eigenvalue weighted by molar-refractivity contribution is -0.0929. The Morgan fingerprint density at radius 3 is 2.66 bits per heavy atom. The monoisotopic (exact) mass is 456 g/mol. The van der Waals surface area contributed by atoms with Crippen LogP contribution in [0.4, 0.5) is 22.4 Å². The average Bonchev–Trinajstić information content (AvgIpc) is 3.40. The number of aliphatic hydroxyl groups is 1. The first-order chi connectivity index (χ1) is 15.2. The number of urea groups is 1. The van der Waals surface area contributed by atoms with Crippen molar-refractivity contribution in [1.82, 2.24) is 30.8 Å². The minimum Gasteiger partial charge on any atom is -0.382 e. The van der Waals surface area contributed by atoms with Crippen LogP contribution in [0.2, 0.25) is 0 Å². The summed E-state index contributed by atoms with van der Waals surface area (Å²) in [7, 11) is 0. The van der Waals surface area contributed by atoms with Crippen LogP contribution >= 0.6 is 0 Å². The van der Waals surface area contributed by atoms with Gasteiger partial charge in [-0.05, 0) is 16.8 Å². The molecule has 0 bridgehead atoms. The number of rotatable bonds is 11. The van der Waals surface area contributed by atoms with Gasteiger partial charge in [0.25, 0.3) is 0 Å². The van der Waals surface area contributed by atoms with Crippen LogP contribution in [0.5, 0.6) is 0 Å². The summed E-state index contributed by atoms with van der Waals surface area (Å²) in [6, 6.07) is 5.56. The molecule has 1 aliphatic rings. The summed E-state index contributed by atoms with van der Waals surface area (Å²) in [4.78, 5) is 13.2. The number of carbonyl (C=O) groups is 1. The van der Waals surface area contributed by atoms with Crippen molar-refractivity contribution in [2.75, 3.05) is 13.1 Å². The molecular formula is C20H24F4N6O2. The topological polar surface area (TPSA) is 107 Å². The van der Waals surface area contributed by atoms with E-state index in [-0.39, 0.29) is 31.5 Å². The molecule has 2 aromatic rings. The number of nitrogens with one attached hydrogen (secondary N) is 2. The molecule has 0 radical (unpaired) electrons. The van der Waals surface area contributed by atoms with Gasteiger partial charge in [0.1, 0.15) is 11.9 Å². The van der Waals surface area contributed by atoms with Crippen LogP contribution < -0.4 is 5.32 Å². The van der Waals surface area contributed by atoms with Gasteiger partial charge in [-0.2, -0.15) is 8.78 Å². The van der Waals surface area contributed by atoms with Gasteiger partial charge in [0.15, 0.2) is 0 Å². The molecule has 1 unspecified atom stereocenters. The number of benzene rings is 1. The van der Waals surface area contributed by atoms with Gasteiger partial charge >= 0.3 is 12.0 Å². The lowest BCUT2D eigenvalue weighted by atomic mass is 10.0. The van der Waals surface area contributed by atoms with E-state index in [0.29, 0.717) is 5.82 Å². The van der Waals surface area contributed by atoms with E-state index in [1.807, 2.05) is 0 Å². The van der Waals surface area contributed by atoms with Crippen molar-refractivity contribution >= 4 is 6.03 Å². The molecular weight excluding hydrogens is 432 g/mol. The number of hydrogen-bond acceptors (Lipinski definition) is 5. The molecule has 174 valence electrons. The number of hydrogen-bond donors (Lipinski definition) is 3. The van der Waals surface area contributed by atoms with Gasteiger partial charge in [0.2, 0.25) is 5.92 Å². The maximum Gasteiger partial charge on any atom is 0.318 e. The number of amides is 2. The van der Waals surface area contributed by atoms with Crippen LogP contribution in [0.1, 0.15) is 30.7 Å². The van der Waals surface area contributed by atoms with Crippen LogP contribution in [0.15, 0.2) is 42.5 Å². The van der Waals surface area contributed by atoms with E-state index in [2.05, 4.69) is 25.9 Å². The fraction of sp³-hybridized carbons (Fsp3) is 0.500. The molecule has 2 amide bonds. The first kappa shape index (κ1) is 23.6. The first-order valence-electron chi connectivity index (χ1n) is 10.1. The van der Waals surface area contributed by atoms with Crippen molar-refractivity contribution in [3.05, 3.63) is 53.9 Å². The molecule has 12 heteroatoms. The van der Waals surface area contributed by atoms with E-state index in [1.165, 1.54) is 30.3 Å². The van der Waals surface area contributed by atoms with E-state index in [4.69, 9.17) is 0 Å². The van der Waals surface area contributed by atoms with Gasteiger partial charge in [-0.25, -0.2) is 18.7 Å². The molecule has 0 spiro atoms. The van der Waals surface area contributed by atoms with E-state index >= 15 is 0 Å². The predicted octanol–water partition coefficient (Wildman–Crippen LogP) is 2.65. The molecule has 2 atom stereocenters. The molecule has 8 nitrogen and oxygen atoms in total. The number of aliphatic hydroxyl groups excluding tert-OH is 1. The lowest BCUT2D eigenvalue weighted by Gasteiger charge is -2.25. The Hall–Kier alpha value is -3.02. The molecule has 1 aromatic carbocycles. The number of carbonyl (C=O) groups excluding carboxylic acids is 1. The van der Waals surface area contributed by atoms with Crippen LogP contribution in [0.25, 0.3) is 0 Å². The van der Waals surface area contributed by atoms with E-state index in [0.717, 1.165) is 11.0 Å². The predicted molar refractivity (Wildman–Crippen MR) is 106 cm³/mol. The Bertz CT molecular complexity index is 895. The second-order valence-corrected chi connectivity index (χ2v) is 7.57. The standard InChI is InChI=1S/C20H24F4N6O2/c21-19(22,10-4-7-17-26-28-29-27-17)11-12-30-15(13-25-18(30)32)8-9-16(31)20(23,24)14-5-2-1-3-6-14/h1-3,5-6,8-9,15-16,31H,4,7,10-13H2,(H,25,32)(H,26,27,28,29)/t15-,16?/m0/s1. The minimum absolute atomic E-state index is 0.0724. The summed E-state index contributed by atoms with van der Waals surface area (Å²) in [5.41, 5.74) is -0.351. The number of aromatic amines is 1. The maximum atomic E-state index is 14.4. The lowest BCUT2D eigenvalue weighted by Crippen LogP contribution is -2.37. The number of aryl methyl sites for hydroxylation is 1. The summed E-state index contributed by atoms with van der Waals surface area (Å²) in [6.07, 6.45) is -0.558. The van der Waals surface area contributed by atoms with Crippen molar-refractivity contribution in [1.29, 1.82) is 0 Å². The second kappa shape index (κ2) is 10.1. The summed E-state index contributed by atoms with van der Waals surface area (Å²) in [5.74, 6) is -6.15. The maximum absolute atomic E-state index is 14.4. The highest BCUT2D eigenvalue weighted by atomic mass is 19.3. The largest absolute Gasteiger partial charge is 0.382 e. The number of aromatic nitrogens is 4. The Kier molecular flexibility index (Phi) is 7.44. The van der Waals surface area contributed by atoms with Crippen molar-refractivity contribution in [3.63, 3.8) is 0 Å². The molecule has 32 heavy (non-hydrogen) atoms. The second-order valence-electron chi connectivity index (χ2n) is 7.57. The molecule has 0 saturated carbocycles. The zero-order chi connectivity index (χ0) is 23.2. The van der Waals surface area contributed by atoms with E-state index in [9.17, 15) is 27.5 Å². The van der Waals surface area contributed by atoms with Crippen LogP contribution in [0.3, 0.4) is 0 Å². The molecule has 1 saturated heterocycles. The zero-order valence-electron chi connectivity index (χ0n) is 17.1. The molecule has 2 heterocycles. The van der Waals surface area contributed by atoms with Gasteiger partial charge in [0.05, 0.1) is 6.04 Å². The van der Waals surface area contributed by atoms with Gasteiger partial charge in [-0.3, -0.25) is 0 Å². The Labute approximate surface area is 181 Å². The third-order valence-corrected chi connectivity index (χ3v) is 5.23. The smallest absolute Gasteiger partial charge is 0.318 e. The summed E-state index contributed by atoms with van der Waals surface area (Å²) in [6.45, 7) is -0.189. The van der Waals surface area contributed by atoms with Gasteiger partial charge in [-0.15, -0.1) is 5.10 Å². The number of H-pyrrole nitrogens is 1. The number of tetrazole rings is 1. The average molecular weight is 456 g/mol. The molecule has 0 aliphatic carbocycles. The SMILES string of the molecule is O=C1NC[C@H](C=CC(O)C(F)(F)c2ccccc2)N1CCC(F)(F)CCCc1nnn[nH]1. The summed E-state index contributed by atoms with van der Waals surface area (Å²) >= 11 is 0. The summed E-state index contributed by atoms with van der Waals surface area (Å²) < 4.78 is 57.3. The van der Waals surface area contributed by atoms with Crippen LogP contribution in [-0.2, 0) is 12.3 Å². The fourth-order valence-corrected chi connectivity index (χ4v) is 3.39. The third-order valence-electron chi connectivity index (χ3n) is 5.23. The minimum atomic E-state index is -3.54. The zero-order valence-corrected chi connectivity index (χ0v) is 17.1. The Balaban J connectivity index is 1.54. The van der Waals surface area contributed by atoms with E-state index < -0.39 is 42.9 Å². The number of halogens is 4. The Morgan fingerprint density at radius 2 is 1.97 bits per heavy atom. The van der Waals surface area contributed by atoms with Gasteiger partial charge in [-0.1, -0.05) is 42.5 Å². The highest BCUT2D eigenvalue weighted by molar-refractivity contribution is 5.77. The highest BCUT2D eigenvalue weighted by Crippen LogP contribution is 2.32. The fourth-order valence-electron chi connectivity index (χ4n) is 3.39. The first-order valence-corrected chi connectivity index (χ1v) is 10.1. The van der Waals surface area contributed by atoms with Crippen LogP contribution in [0, 0.1) is 0 Å². The van der Waals surface area contributed by atoms with Crippen LogP contribution in [-0.4, -0.2) is 67.8 Å². The van der Waals surface area contributed by atoms with Gasteiger partial charge < -0.3 is 15.3 Å². The van der Waals surface area contributed by atoms with Crippen molar-refractivity contribution in [2.24, 2.45) is 0 Å². The normalized spacial score (nSPS) is 18.3. The van der Waals surface area contributed by atoms with E-state index in [1.54, 1.807) is 6.07 Å². The number of nitrogens with zero attached hydrogens (tertiary/aromatic N) is 4. The highest BCUT2D eigenvalue weighted by Gasteiger charge is 2.39. The third kappa shape index (κ3) is 6.02. The molecule has 1 fully saturated rings. The molecule has 1 aromatic heterocycles. The quantitative estimate of drug-likeness (QED) is 0.356. The molecule has 1 aliphatic heterocycles. The van der Waals surface area contributed by atoms with Crippen molar-refractivity contribution in [3.8, 4) is 0 Å².